The molecule has 0 atom stereocenters. The second kappa shape index (κ2) is 9.39. The molecule has 0 unspecified atom stereocenters. The van der Waals surface area contributed by atoms with Gasteiger partial charge in [0, 0.05) is 18.3 Å². The fourth-order valence-electron chi connectivity index (χ4n) is 3.80. The highest BCUT2D eigenvalue weighted by molar-refractivity contribution is 5.96. The highest BCUT2D eigenvalue weighted by atomic mass is 16.6. The molecule has 0 spiro atoms. The SMILES string of the molecule is NC(CC(=O)NC1CCCCC1)=[NH+]OCC(=O)N1CCCc2ccccc21. The van der Waals surface area contributed by atoms with Gasteiger partial charge >= 0.3 is 0 Å². The van der Waals surface area contributed by atoms with E-state index in [9.17, 15) is 9.59 Å². The summed E-state index contributed by atoms with van der Waals surface area (Å²) in [7, 11) is 0. The molecule has 1 saturated carbocycles. The van der Waals surface area contributed by atoms with Crippen molar-refractivity contribution in [2.45, 2.75) is 57.4 Å². The smallest absolute Gasteiger partial charge is 0.288 e. The predicted octanol–water partition coefficient (Wildman–Crippen LogP) is 0.174. The third-order valence-electron chi connectivity index (χ3n) is 5.13. The molecule has 0 aromatic heterocycles. The lowest BCUT2D eigenvalue weighted by Gasteiger charge is -2.28. The van der Waals surface area contributed by atoms with Crippen molar-refractivity contribution >= 4 is 23.3 Å². The number of hydrogen-bond donors (Lipinski definition) is 3. The number of aryl methyl sites for hydroxylation is 1. The number of amidine groups is 1. The molecule has 0 saturated heterocycles. The summed E-state index contributed by atoms with van der Waals surface area (Å²) in [6.45, 7) is 0.543. The molecular formula is C20H29N4O3+. The van der Waals surface area contributed by atoms with Crippen molar-refractivity contribution in [3.63, 3.8) is 0 Å². The summed E-state index contributed by atoms with van der Waals surface area (Å²) in [6, 6.07) is 8.17. The Morgan fingerprint density at radius 2 is 1.96 bits per heavy atom. The van der Waals surface area contributed by atoms with Crippen LogP contribution in [0.4, 0.5) is 5.69 Å². The topological polar surface area (TPSA) is 98.6 Å². The number of nitrogens with zero attached hydrogens (tertiary/aromatic N) is 1. The molecule has 1 aromatic rings. The quantitative estimate of drug-likeness (QED) is 0.376. The highest BCUT2D eigenvalue weighted by Crippen LogP contribution is 2.26. The first-order chi connectivity index (χ1) is 13.1. The molecule has 1 aliphatic carbocycles. The van der Waals surface area contributed by atoms with Gasteiger partial charge in [-0.2, -0.15) is 0 Å². The van der Waals surface area contributed by atoms with Gasteiger partial charge in [0.05, 0.1) is 0 Å². The number of amides is 2. The van der Waals surface area contributed by atoms with Crippen molar-refractivity contribution < 1.29 is 19.6 Å². The van der Waals surface area contributed by atoms with E-state index in [1.807, 2.05) is 24.3 Å². The normalized spacial score (nSPS) is 17.9. The van der Waals surface area contributed by atoms with Crippen LogP contribution in [0.1, 0.15) is 50.5 Å². The van der Waals surface area contributed by atoms with Crippen LogP contribution in [0, 0.1) is 0 Å². The zero-order valence-corrected chi connectivity index (χ0v) is 15.7. The first kappa shape index (κ1) is 19.2. The number of carbonyl (C=O) groups excluding carboxylic acids is 2. The molecule has 3 rings (SSSR count). The van der Waals surface area contributed by atoms with E-state index in [1.165, 1.54) is 12.0 Å². The number of rotatable bonds is 6. The van der Waals surface area contributed by atoms with Gasteiger partial charge in [-0.1, -0.05) is 42.6 Å². The molecule has 7 heteroatoms. The van der Waals surface area contributed by atoms with Crippen LogP contribution >= 0.6 is 0 Å². The minimum Gasteiger partial charge on any atom is -0.353 e. The maximum absolute atomic E-state index is 12.5. The van der Waals surface area contributed by atoms with Crippen LogP contribution in [0.15, 0.2) is 24.3 Å². The Kier molecular flexibility index (Phi) is 6.68. The molecular weight excluding hydrogens is 344 g/mol. The number of para-hydroxylation sites is 1. The largest absolute Gasteiger partial charge is 0.353 e. The highest BCUT2D eigenvalue weighted by Gasteiger charge is 2.23. The van der Waals surface area contributed by atoms with E-state index in [0.717, 1.165) is 44.2 Å². The maximum Gasteiger partial charge on any atom is 0.288 e. The van der Waals surface area contributed by atoms with Gasteiger partial charge in [-0.15, -0.1) is 0 Å². The molecule has 1 aromatic carbocycles. The van der Waals surface area contributed by atoms with Gasteiger partial charge in [0.1, 0.15) is 6.42 Å². The summed E-state index contributed by atoms with van der Waals surface area (Å²) >= 11 is 0. The lowest BCUT2D eigenvalue weighted by Crippen LogP contribution is -2.75. The molecule has 2 aliphatic rings. The maximum atomic E-state index is 12.5. The Balaban J connectivity index is 1.44. The van der Waals surface area contributed by atoms with Crippen LogP contribution in [0.2, 0.25) is 0 Å². The molecule has 2 amide bonds. The van der Waals surface area contributed by atoms with Crippen molar-refractivity contribution in [3.8, 4) is 0 Å². The van der Waals surface area contributed by atoms with Crippen LogP contribution in [0.25, 0.3) is 0 Å². The zero-order chi connectivity index (χ0) is 19.1. The van der Waals surface area contributed by atoms with Gasteiger partial charge in [-0.3, -0.25) is 15.3 Å². The summed E-state index contributed by atoms with van der Waals surface area (Å²) < 4.78 is 0. The van der Waals surface area contributed by atoms with Crippen LogP contribution in [0.3, 0.4) is 0 Å². The second-order valence-electron chi connectivity index (χ2n) is 7.27. The van der Waals surface area contributed by atoms with Gasteiger partial charge in [0.2, 0.25) is 12.5 Å². The Morgan fingerprint density at radius 3 is 2.78 bits per heavy atom. The molecule has 1 fully saturated rings. The van der Waals surface area contributed by atoms with Crippen molar-refractivity contribution in [1.29, 1.82) is 0 Å². The van der Waals surface area contributed by atoms with Crippen molar-refractivity contribution in [2.24, 2.45) is 5.73 Å². The molecule has 0 bridgehead atoms. The molecule has 4 N–H and O–H groups in total. The number of hydrogen-bond acceptors (Lipinski definition) is 3. The Hall–Kier alpha value is -2.57. The van der Waals surface area contributed by atoms with Crippen LogP contribution in [0.5, 0.6) is 0 Å². The molecule has 7 nitrogen and oxygen atoms in total. The van der Waals surface area contributed by atoms with Gasteiger partial charge in [-0.25, -0.2) is 0 Å². The van der Waals surface area contributed by atoms with E-state index >= 15 is 0 Å². The first-order valence-corrected chi connectivity index (χ1v) is 9.80. The summed E-state index contributed by atoms with van der Waals surface area (Å²) in [6.07, 6.45) is 7.58. The third-order valence-corrected chi connectivity index (χ3v) is 5.13. The van der Waals surface area contributed by atoms with E-state index in [2.05, 4.69) is 10.5 Å². The van der Waals surface area contributed by atoms with Gasteiger partial charge in [-0.05, 0) is 37.3 Å². The molecule has 27 heavy (non-hydrogen) atoms. The van der Waals surface area contributed by atoms with E-state index in [0.29, 0.717) is 6.54 Å². The third kappa shape index (κ3) is 5.45. The van der Waals surface area contributed by atoms with Crippen molar-refractivity contribution in [1.82, 2.24) is 5.32 Å². The lowest BCUT2D eigenvalue weighted by molar-refractivity contribution is -0.750. The Bertz CT molecular complexity index is 698. The number of fused-ring (bicyclic) bond motifs is 1. The average molecular weight is 373 g/mol. The minimum absolute atomic E-state index is 0.0389. The van der Waals surface area contributed by atoms with E-state index in [4.69, 9.17) is 10.6 Å². The average Bonchev–Trinajstić information content (AvgIpc) is 2.68. The van der Waals surface area contributed by atoms with Crippen LogP contribution in [-0.4, -0.2) is 36.8 Å². The fraction of sp³-hybridized carbons (Fsp3) is 0.550. The lowest BCUT2D eigenvalue weighted by atomic mass is 9.95. The second-order valence-corrected chi connectivity index (χ2v) is 7.27. The molecule has 0 radical (unpaired) electrons. The van der Waals surface area contributed by atoms with Gasteiger partial charge < -0.3 is 15.1 Å². The van der Waals surface area contributed by atoms with Crippen molar-refractivity contribution in [2.75, 3.05) is 18.1 Å². The number of carbonyl (C=O) groups is 2. The Morgan fingerprint density at radius 1 is 1.19 bits per heavy atom. The monoisotopic (exact) mass is 373 g/mol. The zero-order valence-electron chi connectivity index (χ0n) is 15.7. The summed E-state index contributed by atoms with van der Waals surface area (Å²) in [5, 5.41) is 5.53. The van der Waals surface area contributed by atoms with E-state index in [1.54, 1.807) is 4.90 Å². The Labute approximate surface area is 159 Å². The molecule has 1 aliphatic heterocycles. The number of nitrogens with one attached hydrogen (secondary N) is 2. The standard InChI is InChI=1S/C20H28N4O3/c21-18(13-19(25)22-16-9-2-1-3-10-16)23-27-14-20(26)24-12-6-8-15-7-4-5-11-17(15)24/h4-5,7,11,16H,1-3,6,8-10,12-14H2,(H2,21,23)(H,22,25)/p+1. The number of benzene rings is 1. The number of nitrogens with two attached hydrogens (primary N) is 1. The fourth-order valence-corrected chi connectivity index (χ4v) is 3.80. The van der Waals surface area contributed by atoms with Crippen LogP contribution < -0.4 is 21.1 Å². The van der Waals surface area contributed by atoms with E-state index < -0.39 is 0 Å². The van der Waals surface area contributed by atoms with Gasteiger partial charge in [0.25, 0.3) is 11.7 Å². The molecule has 1 heterocycles. The summed E-state index contributed by atoms with van der Waals surface area (Å²) in [4.78, 5) is 31.5. The van der Waals surface area contributed by atoms with E-state index in [-0.39, 0.29) is 36.7 Å². The summed E-state index contributed by atoms with van der Waals surface area (Å²) in [5.74, 6) is -0.0453. The van der Waals surface area contributed by atoms with Crippen LogP contribution in [-0.2, 0) is 20.8 Å². The molecule has 146 valence electrons. The van der Waals surface area contributed by atoms with Gasteiger partial charge in [0.15, 0.2) is 0 Å². The first-order valence-electron chi connectivity index (χ1n) is 9.80. The minimum atomic E-state index is -0.140. The predicted molar refractivity (Wildman–Crippen MR) is 103 cm³/mol. The van der Waals surface area contributed by atoms with Crippen molar-refractivity contribution in [3.05, 3.63) is 29.8 Å². The number of anilines is 1. The summed E-state index contributed by atoms with van der Waals surface area (Å²) in [5.41, 5.74) is 7.94.